The van der Waals surface area contributed by atoms with E-state index in [9.17, 15) is 0 Å². The molecule has 0 spiro atoms. The highest BCUT2D eigenvalue weighted by Crippen LogP contribution is 2.30. The van der Waals surface area contributed by atoms with Crippen molar-refractivity contribution in [1.82, 2.24) is 0 Å². The van der Waals surface area contributed by atoms with Crippen LogP contribution < -0.4 is 0 Å². The quantitative estimate of drug-likeness (QED) is 0.527. The van der Waals surface area contributed by atoms with Crippen LogP contribution in [0, 0.1) is 11.8 Å². The minimum absolute atomic E-state index is 0.842. The Morgan fingerprint density at radius 2 is 1.06 bits per heavy atom. The summed E-state index contributed by atoms with van der Waals surface area (Å²) in [4.78, 5) is 0. The lowest BCUT2D eigenvalue weighted by molar-refractivity contribution is 0.379. The van der Waals surface area contributed by atoms with Crippen LogP contribution in [0.5, 0.6) is 0 Å². The Bertz CT molecular complexity index is 210. The summed E-state index contributed by atoms with van der Waals surface area (Å²) < 4.78 is 0. The first-order valence-corrected chi connectivity index (χ1v) is 7.30. The van der Waals surface area contributed by atoms with Gasteiger partial charge in [0.15, 0.2) is 0 Å². The van der Waals surface area contributed by atoms with Crippen LogP contribution in [-0.4, -0.2) is 0 Å². The average Bonchev–Trinajstić information content (AvgIpc) is 2.18. The van der Waals surface area contributed by atoms with Crippen molar-refractivity contribution in [3.8, 4) is 0 Å². The molecule has 0 amide bonds. The minimum Gasteiger partial charge on any atom is -0.0882 e. The second-order valence-electron chi connectivity index (χ2n) is 5.46. The first-order valence-electron chi connectivity index (χ1n) is 7.30. The minimum atomic E-state index is 0.842. The van der Waals surface area contributed by atoms with Gasteiger partial charge in [-0.15, -0.1) is 0 Å². The summed E-state index contributed by atoms with van der Waals surface area (Å²) >= 11 is 0. The van der Waals surface area contributed by atoms with Gasteiger partial charge < -0.3 is 0 Å². The van der Waals surface area contributed by atoms with Gasteiger partial charge in [0.25, 0.3) is 0 Å². The first kappa shape index (κ1) is 12.0. The molecule has 0 nitrogen and oxygen atoms in total. The van der Waals surface area contributed by atoms with E-state index in [4.69, 9.17) is 0 Å². The van der Waals surface area contributed by atoms with Crippen molar-refractivity contribution in [2.75, 3.05) is 0 Å². The number of hydrogen-bond donors (Lipinski definition) is 0. The largest absolute Gasteiger partial charge is 0.0882 e. The normalized spacial score (nSPS) is 32.5. The second kappa shape index (κ2) is 6.93. The molecule has 2 aliphatic rings. The molecule has 2 aliphatic carbocycles. The van der Waals surface area contributed by atoms with Crippen molar-refractivity contribution in [2.24, 2.45) is 11.8 Å². The van der Waals surface area contributed by atoms with Gasteiger partial charge in [0.05, 0.1) is 0 Å². The van der Waals surface area contributed by atoms with E-state index in [0.29, 0.717) is 0 Å². The molecule has 0 aromatic heterocycles. The van der Waals surface area contributed by atoms with Crippen LogP contribution in [0.2, 0.25) is 0 Å². The molecule has 2 atom stereocenters. The monoisotopic (exact) mass is 218 g/mol. The van der Waals surface area contributed by atoms with Crippen LogP contribution in [0.1, 0.15) is 64.2 Å². The third kappa shape index (κ3) is 3.81. The summed E-state index contributed by atoms with van der Waals surface area (Å²) in [5, 5.41) is 0. The topological polar surface area (TPSA) is 0 Å². The van der Waals surface area contributed by atoms with Gasteiger partial charge >= 0.3 is 0 Å². The summed E-state index contributed by atoms with van der Waals surface area (Å²) in [7, 11) is 0. The molecule has 0 aromatic rings. The van der Waals surface area contributed by atoms with Gasteiger partial charge in [-0.25, -0.2) is 0 Å². The highest BCUT2D eigenvalue weighted by atomic mass is 14.2. The van der Waals surface area contributed by atoms with Crippen LogP contribution in [0.15, 0.2) is 24.3 Å². The van der Waals surface area contributed by atoms with E-state index < -0.39 is 0 Å². The van der Waals surface area contributed by atoms with E-state index >= 15 is 0 Å². The zero-order valence-corrected chi connectivity index (χ0v) is 10.5. The van der Waals surface area contributed by atoms with Gasteiger partial charge in [0, 0.05) is 0 Å². The molecular weight excluding hydrogens is 192 g/mol. The molecule has 90 valence electrons. The van der Waals surface area contributed by atoms with Crippen molar-refractivity contribution in [2.45, 2.75) is 64.2 Å². The van der Waals surface area contributed by atoms with Gasteiger partial charge in [-0.3, -0.25) is 0 Å². The number of hydrogen-bond acceptors (Lipinski definition) is 0. The Labute approximate surface area is 101 Å². The summed E-state index contributed by atoms with van der Waals surface area (Å²) in [6.45, 7) is 0. The van der Waals surface area contributed by atoms with Gasteiger partial charge in [0.2, 0.25) is 0 Å². The van der Waals surface area contributed by atoms with Crippen LogP contribution in [-0.2, 0) is 0 Å². The summed E-state index contributed by atoms with van der Waals surface area (Å²) in [5.74, 6) is 1.68. The molecule has 0 fully saturated rings. The van der Waals surface area contributed by atoms with E-state index in [1.807, 2.05) is 0 Å². The van der Waals surface area contributed by atoms with Gasteiger partial charge in [-0.2, -0.15) is 0 Å². The molecule has 0 radical (unpaired) electrons. The Morgan fingerprint density at radius 3 is 1.56 bits per heavy atom. The van der Waals surface area contributed by atoms with Gasteiger partial charge in [-0.1, -0.05) is 50.0 Å². The Hall–Kier alpha value is -0.520. The third-order valence-electron chi connectivity index (χ3n) is 4.13. The summed E-state index contributed by atoms with van der Waals surface area (Å²) in [6.07, 6.45) is 24.0. The number of allylic oxidation sites excluding steroid dienone is 4. The average molecular weight is 218 g/mol. The number of rotatable bonds is 1. The van der Waals surface area contributed by atoms with Gasteiger partial charge in [0.1, 0.15) is 0 Å². The summed E-state index contributed by atoms with van der Waals surface area (Å²) in [5.41, 5.74) is 0. The lowest BCUT2D eigenvalue weighted by atomic mass is 9.81. The van der Waals surface area contributed by atoms with Crippen LogP contribution >= 0.6 is 0 Å². The molecule has 0 heteroatoms. The summed E-state index contributed by atoms with van der Waals surface area (Å²) in [6, 6.07) is 0. The first-order chi connectivity index (χ1) is 7.97. The van der Waals surface area contributed by atoms with Gasteiger partial charge in [-0.05, 0) is 50.4 Å². The predicted octanol–water partition coefficient (Wildman–Crippen LogP) is 5.26. The van der Waals surface area contributed by atoms with E-state index in [1.54, 1.807) is 0 Å². The maximum absolute atomic E-state index is 2.52. The van der Waals surface area contributed by atoms with Crippen LogP contribution in [0.3, 0.4) is 0 Å². The fraction of sp³-hybridized carbons (Fsp3) is 0.750. The molecule has 0 N–H and O–H groups in total. The lowest BCUT2D eigenvalue weighted by Gasteiger charge is -2.24. The molecule has 2 rings (SSSR count). The van der Waals surface area contributed by atoms with Crippen molar-refractivity contribution < 1.29 is 0 Å². The molecule has 0 aromatic carbocycles. The molecule has 0 saturated heterocycles. The van der Waals surface area contributed by atoms with Crippen LogP contribution in [0.4, 0.5) is 0 Å². The predicted molar refractivity (Wildman–Crippen MR) is 71.4 cm³/mol. The van der Waals surface area contributed by atoms with E-state index in [0.717, 1.165) is 11.8 Å². The van der Waals surface area contributed by atoms with Crippen molar-refractivity contribution in [1.29, 1.82) is 0 Å². The molecule has 0 bridgehead atoms. The smallest absolute Gasteiger partial charge is 0.0171 e. The maximum Gasteiger partial charge on any atom is -0.0171 e. The standard InChI is InChI=1S/C16H26/c1-3-7-11-15(12-8-4-1)16-13-9-5-2-6-10-14-16/h7,9,11,13,15-16H,1-6,8,10,12,14H2/t15-,16-/m0/s1. The van der Waals surface area contributed by atoms with E-state index in [1.165, 1.54) is 64.2 Å². The fourth-order valence-corrected chi connectivity index (χ4v) is 3.09. The zero-order chi connectivity index (χ0) is 11.1. The Morgan fingerprint density at radius 1 is 0.562 bits per heavy atom. The zero-order valence-electron chi connectivity index (χ0n) is 10.5. The Kier molecular flexibility index (Phi) is 5.18. The van der Waals surface area contributed by atoms with Crippen LogP contribution in [0.25, 0.3) is 0 Å². The second-order valence-corrected chi connectivity index (χ2v) is 5.46. The Balaban J connectivity index is 1.96. The highest BCUT2D eigenvalue weighted by molar-refractivity contribution is 5.01. The lowest BCUT2D eigenvalue weighted by Crippen LogP contribution is -2.12. The SMILES string of the molecule is C1=C[C@H]([C@H]2C=CCCCCC2)CCCCC1. The van der Waals surface area contributed by atoms with E-state index in [-0.39, 0.29) is 0 Å². The molecule has 0 saturated carbocycles. The van der Waals surface area contributed by atoms with Crippen molar-refractivity contribution >= 4 is 0 Å². The highest BCUT2D eigenvalue weighted by Gasteiger charge is 2.17. The molecule has 0 heterocycles. The van der Waals surface area contributed by atoms with Crippen molar-refractivity contribution in [3.05, 3.63) is 24.3 Å². The molecular formula is C16H26. The maximum atomic E-state index is 2.52. The van der Waals surface area contributed by atoms with E-state index in [2.05, 4.69) is 24.3 Å². The molecule has 16 heavy (non-hydrogen) atoms. The molecule has 0 unspecified atom stereocenters. The molecule has 0 aliphatic heterocycles. The fourth-order valence-electron chi connectivity index (χ4n) is 3.09. The van der Waals surface area contributed by atoms with Crippen molar-refractivity contribution in [3.63, 3.8) is 0 Å². The third-order valence-corrected chi connectivity index (χ3v) is 4.13.